The van der Waals surface area contributed by atoms with Crippen LogP contribution in [0.2, 0.25) is 0 Å². The molecule has 1 spiro atoms. The first kappa shape index (κ1) is 28.0. The van der Waals surface area contributed by atoms with E-state index in [2.05, 4.69) is 11.8 Å². The molecule has 3 aliphatic heterocycles. The van der Waals surface area contributed by atoms with Gasteiger partial charge in [-0.05, 0) is 56.8 Å². The number of rotatable bonds is 0. The Morgan fingerprint density at radius 1 is 0.842 bits per heavy atom. The fourth-order valence-electron chi connectivity index (χ4n) is 11.4. The van der Waals surface area contributed by atoms with Crippen LogP contribution in [0.25, 0.3) is 0 Å². The van der Waals surface area contributed by atoms with Crippen molar-refractivity contribution >= 4 is 12.4 Å². The first-order valence-corrected chi connectivity index (χ1v) is 14.2. The van der Waals surface area contributed by atoms with Crippen LogP contribution in [-0.2, 0) is 4.74 Å². The van der Waals surface area contributed by atoms with Gasteiger partial charge >= 0.3 is 0 Å². The van der Waals surface area contributed by atoms with Crippen LogP contribution < -0.4 is 0 Å². The third kappa shape index (κ3) is 2.80. The van der Waals surface area contributed by atoms with Gasteiger partial charge in [0.2, 0.25) is 0 Å². The largest absolute Gasteiger partial charge is 0.390 e. The number of fused-ring (bicyclic) bond motifs is 5. The summed E-state index contributed by atoms with van der Waals surface area (Å²) in [6, 6.07) is -0.174. The number of hydrogen-bond donors (Lipinski definition) is 8. The lowest BCUT2D eigenvalue weighted by molar-refractivity contribution is -0.296. The minimum atomic E-state index is -2.10. The molecule has 5 unspecified atom stereocenters. The van der Waals surface area contributed by atoms with Gasteiger partial charge in [-0.25, -0.2) is 0 Å². The number of hydrogen-bond acceptors (Lipinski definition) is 10. The van der Waals surface area contributed by atoms with E-state index in [-0.39, 0.29) is 31.3 Å². The van der Waals surface area contributed by atoms with E-state index >= 15 is 0 Å². The van der Waals surface area contributed by atoms with E-state index in [1.54, 1.807) is 6.92 Å². The first-order chi connectivity index (χ1) is 17.2. The van der Waals surface area contributed by atoms with Crippen molar-refractivity contribution in [3.05, 3.63) is 0 Å². The van der Waals surface area contributed by atoms with E-state index < -0.39 is 88.1 Å². The Bertz CT molecular complexity index is 1000. The minimum absolute atomic E-state index is 0. The molecule has 7 fully saturated rings. The van der Waals surface area contributed by atoms with Crippen LogP contribution in [0.4, 0.5) is 0 Å². The monoisotopic (exact) mass is 561 g/mol. The molecule has 4 bridgehead atoms. The molecular weight excluding hydrogens is 518 g/mol. The van der Waals surface area contributed by atoms with Gasteiger partial charge < -0.3 is 45.6 Å². The second kappa shape index (κ2) is 8.04. The van der Waals surface area contributed by atoms with Crippen LogP contribution in [-0.4, -0.2) is 118 Å². The maximum absolute atomic E-state index is 12.5. The standard InChI is InChI=1S/C27H43NO9.ClH/c1-11-4-5-14-24(3,34)16-12(10-28(14)9-11)13-8-25-21(26(13,35)22(33)17(16)30)19(32)18(31)20-23(25,2)7-6-15(29)27(20,36)37-25;/h11-22,29-36H,4-10H2,1-3H3;1H/t11-,12?,13?,14-,15-,16?,17+,18-,19+,20?,21?,22-,23-,24+,25+,26-,27+;/m0./s1. The summed E-state index contributed by atoms with van der Waals surface area (Å²) in [7, 11) is 0. The third-order valence-electron chi connectivity index (χ3n) is 12.9. The molecule has 38 heavy (non-hydrogen) atoms. The van der Waals surface area contributed by atoms with Crippen molar-refractivity contribution in [3.8, 4) is 0 Å². The molecule has 4 saturated carbocycles. The molecule has 10 nitrogen and oxygen atoms in total. The maximum Gasteiger partial charge on any atom is 0.198 e. The molecule has 11 heteroatoms. The summed E-state index contributed by atoms with van der Waals surface area (Å²) in [5, 5.41) is 92.8. The predicted octanol–water partition coefficient (Wildman–Crippen LogP) is -1.42. The van der Waals surface area contributed by atoms with Crippen LogP contribution in [0.5, 0.6) is 0 Å². The smallest absolute Gasteiger partial charge is 0.198 e. The van der Waals surface area contributed by atoms with Gasteiger partial charge in [0, 0.05) is 36.4 Å². The number of piperidine rings is 2. The van der Waals surface area contributed by atoms with Crippen LogP contribution in [0.15, 0.2) is 0 Å². The third-order valence-corrected chi connectivity index (χ3v) is 12.9. The molecule has 3 heterocycles. The highest BCUT2D eigenvalue weighted by molar-refractivity contribution is 5.85. The Morgan fingerprint density at radius 3 is 2.18 bits per heavy atom. The predicted molar refractivity (Wildman–Crippen MR) is 135 cm³/mol. The second-order valence-corrected chi connectivity index (χ2v) is 14.4. The Morgan fingerprint density at radius 2 is 1.50 bits per heavy atom. The van der Waals surface area contributed by atoms with Crippen molar-refractivity contribution in [2.24, 2.45) is 40.9 Å². The zero-order chi connectivity index (χ0) is 26.7. The van der Waals surface area contributed by atoms with Gasteiger partial charge in [0.05, 0.1) is 35.4 Å². The van der Waals surface area contributed by atoms with Crippen molar-refractivity contribution in [1.29, 1.82) is 0 Å². The van der Waals surface area contributed by atoms with Gasteiger partial charge in [-0.15, -0.1) is 12.4 Å². The molecule has 17 atom stereocenters. The average Bonchev–Trinajstić information content (AvgIpc) is 3.13. The maximum atomic E-state index is 12.5. The second-order valence-electron chi connectivity index (χ2n) is 14.4. The van der Waals surface area contributed by atoms with Gasteiger partial charge in [-0.2, -0.15) is 0 Å². The lowest BCUT2D eigenvalue weighted by Crippen LogP contribution is -2.77. The molecule has 0 aromatic heterocycles. The van der Waals surface area contributed by atoms with E-state index in [9.17, 15) is 40.9 Å². The van der Waals surface area contributed by atoms with Crippen LogP contribution in [0.3, 0.4) is 0 Å². The molecule has 0 amide bonds. The molecule has 7 aliphatic rings. The van der Waals surface area contributed by atoms with Gasteiger partial charge in [0.1, 0.15) is 17.8 Å². The lowest BCUT2D eigenvalue weighted by Gasteiger charge is -2.63. The Labute approximate surface area is 229 Å². The zero-order valence-corrected chi connectivity index (χ0v) is 23.0. The summed E-state index contributed by atoms with van der Waals surface area (Å²) >= 11 is 0. The van der Waals surface area contributed by atoms with E-state index in [1.165, 1.54) is 0 Å². The molecule has 0 aromatic carbocycles. The van der Waals surface area contributed by atoms with Gasteiger partial charge in [0.25, 0.3) is 0 Å². The SMILES string of the molecule is C[C@H]1CC[C@@H]2N(CC3C4C[C@@]56O[C@@]7(O)C([C@@H](O)[C@@H](O)C5[C@]4(O)[C@@H](O)[C@H](O)C3[C@]2(C)O)[C@]6(C)CC[C@@H]7O)C1.Cl. The molecule has 8 N–H and O–H groups in total. The van der Waals surface area contributed by atoms with Crippen molar-refractivity contribution in [3.63, 3.8) is 0 Å². The summed E-state index contributed by atoms with van der Waals surface area (Å²) in [4.78, 5) is 2.25. The lowest BCUT2D eigenvalue weighted by atomic mass is 9.48. The van der Waals surface area contributed by atoms with Crippen LogP contribution >= 0.6 is 12.4 Å². The summed E-state index contributed by atoms with van der Waals surface area (Å²) in [6.07, 6.45) is -4.91. The number of aliphatic hydroxyl groups is 8. The van der Waals surface area contributed by atoms with Crippen LogP contribution in [0, 0.1) is 40.9 Å². The summed E-state index contributed by atoms with van der Waals surface area (Å²) in [5.41, 5.74) is -5.58. The molecular formula is C27H44ClNO9. The van der Waals surface area contributed by atoms with Gasteiger partial charge in [-0.3, -0.25) is 4.90 Å². The number of aliphatic hydroxyl groups excluding tert-OH is 5. The zero-order valence-electron chi connectivity index (χ0n) is 22.2. The number of nitrogens with zero attached hydrogens (tertiary/aromatic N) is 1. The summed E-state index contributed by atoms with van der Waals surface area (Å²) < 4.78 is 6.42. The fraction of sp³-hybridized carbons (Fsp3) is 1.00. The topological polar surface area (TPSA) is 174 Å². The minimum Gasteiger partial charge on any atom is -0.390 e. The van der Waals surface area contributed by atoms with E-state index in [1.807, 2.05) is 6.92 Å². The van der Waals surface area contributed by atoms with E-state index in [0.717, 1.165) is 19.4 Å². The van der Waals surface area contributed by atoms with Crippen molar-refractivity contribution in [2.45, 2.75) is 112 Å². The highest BCUT2D eigenvalue weighted by atomic mass is 35.5. The number of halogens is 1. The Kier molecular flexibility index (Phi) is 5.93. The summed E-state index contributed by atoms with van der Waals surface area (Å²) in [6.45, 7) is 7.08. The molecule has 3 saturated heterocycles. The Balaban J connectivity index is 0.00000264. The normalized spacial score (nSPS) is 66.7. The molecule has 7 rings (SSSR count). The summed E-state index contributed by atoms with van der Waals surface area (Å²) in [5.74, 6) is -5.64. The highest BCUT2D eigenvalue weighted by Crippen LogP contribution is 2.76. The van der Waals surface area contributed by atoms with Gasteiger partial charge in [0.15, 0.2) is 5.79 Å². The molecule has 4 aliphatic carbocycles. The first-order valence-electron chi connectivity index (χ1n) is 14.2. The van der Waals surface area contributed by atoms with Crippen molar-refractivity contribution in [1.82, 2.24) is 4.90 Å². The average molecular weight is 562 g/mol. The van der Waals surface area contributed by atoms with Crippen molar-refractivity contribution in [2.75, 3.05) is 13.1 Å². The van der Waals surface area contributed by atoms with Crippen LogP contribution in [0.1, 0.15) is 52.9 Å². The van der Waals surface area contributed by atoms with E-state index in [4.69, 9.17) is 4.74 Å². The fourth-order valence-corrected chi connectivity index (χ4v) is 11.4. The number of ether oxygens (including phenoxy) is 1. The van der Waals surface area contributed by atoms with E-state index in [0.29, 0.717) is 18.9 Å². The molecule has 0 aromatic rings. The quantitative estimate of drug-likeness (QED) is 0.175. The van der Waals surface area contributed by atoms with Crippen molar-refractivity contribution < 1.29 is 45.6 Å². The highest BCUT2D eigenvalue weighted by Gasteiger charge is 2.88. The molecule has 218 valence electrons. The molecule has 0 radical (unpaired) electrons. The van der Waals surface area contributed by atoms with Gasteiger partial charge in [-0.1, -0.05) is 13.8 Å². The Hall–Kier alpha value is -0.110.